The van der Waals surface area contributed by atoms with E-state index in [2.05, 4.69) is 62.8 Å². The molecule has 9 unspecified atom stereocenters. The van der Waals surface area contributed by atoms with Crippen molar-refractivity contribution in [3.05, 3.63) is 58.2 Å². The third-order valence-electron chi connectivity index (χ3n) is 18.2. The van der Waals surface area contributed by atoms with Gasteiger partial charge in [-0.3, -0.25) is 19.2 Å². The number of rotatable bonds is 13. The van der Waals surface area contributed by atoms with Crippen molar-refractivity contribution in [2.45, 2.75) is 112 Å². The van der Waals surface area contributed by atoms with Gasteiger partial charge in [-0.1, -0.05) is 47.1 Å². The number of aliphatic carboxylic acids is 1. The van der Waals surface area contributed by atoms with Crippen LogP contribution < -0.4 is 21.3 Å². The van der Waals surface area contributed by atoms with Crippen molar-refractivity contribution < 1.29 is 49.8 Å². The number of carbonyl (C=O) groups excluding carboxylic acids is 3. The summed E-state index contributed by atoms with van der Waals surface area (Å²) in [6.45, 7) is 18.6. The molecule has 0 bridgehead atoms. The second kappa shape index (κ2) is 20.5. The third-order valence-corrected chi connectivity index (χ3v) is 18.2. The van der Waals surface area contributed by atoms with Crippen LogP contribution >= 0.6 is 24.8 Å². The standard InChI is InChI=1S/C30H46O4.C22H28N4O6.2ClH/c1-25(2)21-8-11-30(7)23(28(21,5)10-9-22(25)32)20(31)16-18-19-17-27(4,24(33)34)13-12-26(19,3)14-15-29(18,30)6;27-11-9-23-5-7-25-13-1-2-14(26-8-6-24-10-12-28)18-17(13)21(31)19-15(29)3-4-16(30)20(19)22(18)32;;/h16,19,21-23,32H,8-15,17H2,1-7H3,(H,33,34);1-4,23-30H,5-12H2;2*1H. The van der Waals surface area contributed by atoms with Crippen LogP contribution in [-0.2, 0) is 9.59 Å². The second-order valence-electron chi connectivity index (χ2n) is 22.2. The number of carboxylic acids is 1. The SMILES string of the molecule is CC1(C(=O)O)CCC2(C)CCC3(C)C(=CC(=O)C4C5(C)CCC(O)C(C)(C)C5CCC43C)C2C1.Cl.Cl.O=C1c2c(O)ccc(O)c2C(=O)c2c(NCCNCCO)ccc(NCCNCCO)c21. The van der Waals surface area contributed by atoms with Crippen molar-refractivity contribution in [2.24, 2.45) is 50.2 Å². The van der Waals surface area contributed by atoms with Gasteiger partial charge in [0.15, 0.2) is 5.78 Å². The summed E-state index contributed by atoms with van der Waals surface area (Å²) >= 11 is 0. The molecular formula is C52H76Cl2N4O10. The molecular weight excluding hydrogens is 911 g/mol. The number of phenolic OH excluding ortho intramolecular Hbond substituents is 2. The quantitative estimate of drug-likeness (QED) is 0.0607. The first-order chi connectivity index (χ1) is 31.1. The van der Waals surface area contributed by atoms with Crippen LogP contribution in [0.1, 0.15) is 138 Å². The lowest BCUT2D eigenvalue weighted by Gasteiger charge is -2.70. The van der Waals surface area contributed by atoms with Crippen molar-refractivity contribution in [3.63, 3.8) is 0 Å². The molecule has 6 aliphatic rings. The van der Waals surface area contributed by atoms with E-state index in [1.165, 1.54) is 17.7 Å². The Hall–Kier alpha value is -3.76. The van der Waals surface area contributed by atoms with Crippen LogP contribution in [0.5, 0.6) is 11.5 Å². The topological polar surface area (TPSA) is 238 Å². The smallest absolute Gasteiger partial charge is 0.309 e. The number of hydrogen-bond donors (Lipinski definition) is 10. The number of allylic oxidation sites excluding steroid dienone is 2. The predicted octanol–water partition coefficient (Wildman–Crippen LogP) is 7.12. The van der Waals surface area contributed by atoms with Gasteiger partial charge in [-0.25, -0.2) is 0 Å². The van der Waals surface area contributed by atoms with Crippen LogP contribution in [0.15, 0.2) is 35.9 Å². The number of halogens is 2. The zero-order valence-corrected chi connectivity index (χ0v) is 42.5. The highest BCUT2D eigenvalue weighted by Gasteiger charge is 2.70. The maximum Gasteiger partial charge on any atom is 0.309 e. The zero-order valence-electron chi connectivity index (χ0n) is 40.8. The fourth-order valence-corrected chi connectivity index (χ4v) is 14.0. The fourth-order valence-electron chi connectivity index (χ4n) is 14.0. The number of nitrogens with one attached hydrogen (secondary N) is 4. The van der Waals surface area contributed by atoms with E-state index >= 15 is 0 Å². The molecule has 4 saturated carbocycles. The molecule has 0 aromatic heterocycles. The number of carbonyl (C=O) groups is 4. The van der Waals surface area contributed by atoms with Crippen molar-refractivity contribution in [1.29, 1.82) is 0 Å². The van der Waals surface area contributed by atoms with Crippen LogP contribution in [0.4, 0.5) is 11.4 Å². The Morgan fingerprint density at radius 1 is 0.662 bits per heavy atom. The molecule has 0 aliphatic heterocycles. The predicted molar refractivity (Wildman–Crippen MR) is 268 cm³/mol. The first kappa shape index (κ1) is 55.2. The van der Waals surface area contributed by atoms with Crippen LogP contribution in [0, 0.1) is 50.2 Å². The molecule has 4 fully saturated rings. The Kier molecular flexibility index (Phi) is 16.7. The van der Waals surface area contributed by atoms with Gasteiger partial charge < -0.3 is 51.9 Å². The van der Waals surface area contributed by atoms with Gasteiger partial charge >= 0.3 is 5.97 Å². The van der Waals surface area contributed by atoms with Crippen LogP contribution in [0.25, 0.3) is 0 Å². The molecule has 2 aromatic carbocycles. The molecule has 16 heteroatoms. The minimum Gasteiger partial charge on any atom is -0.507 e. The summed E-state index contributed by atoms with van der Waals surface area (Å²) in [6.07, 6.45) is 9.95. The van der Waals surface area contributed by atoms with E-state index in [0.29, 0.717) is 63.0 Å². The summed E-state index contributed by atoms with van der Waals surface area (Å²) in [4.78, 5) is 53.2. The summed E-state index contributed by atoms with van der Waals surface area (Å²) in [5, 5.41) is 71.5. The van der Waals surface area contributed by atoms with E-state index in [0.717, 1.165) is 51.4 Å². The molecule has 0 spiro atoms. The van der Waals surface area contributed by atoms with Crippen molar-refractivity contribution in [3.8, 4) is 11.5 Å². The Balaban J connectivity index is 0.000000247. The van der Waals surface area contributed by atoms with E-state index < -0.39 is 23.0 Å². The van der Waals surface area contributed by atoms with Crippen molar-refractivity contribution in [2.75, 3.05) is 63.1 Å². The molecule has 68 heavy (non-hydrogen) atoms. The fraction of sp³-hybridized carbons (Fsp3) is 0.654. The third kappa shape index (κ3) is 9.09. The minimum atomic E-state index is -0.711. The molecule has 378 valence electrons. The van der Waals surface area contributed by atoms with Crippen LogP contribution in [0.2, 0.25) is 0 Å². The van der Waals surface area contributed by atoms with E-state index in [1.54, 1.807) is 12.1 Å². The van der Waals surface area contributed by atoms with Gasteiger partial charge in [-0.05, 0) is 134 Å². The van der Waals surface area contributed by atoms with E-state index in [9.17, 15) is 39.6 Å². The Labute approximate surface area is 413 Å². The molecule has 10 N–H and O–H groups in total. The number of anilines is 2. The molecule has 9 atom stereocenters. The maximum absolute atomic E-state index is 14.2. The van der Waals surface area contributed by atoms with Crippen LogP contribution in [-0.4, -0.2) is 113 Å². The molecule has 0 saturated heterocycles. The van der Waals surface area contributed by atoms with Gasteiger partial charge in [-0.15, -0.1) is 24.8 Å². The van der Waals surface area contributed by atoms with Gasteiger partial charge in [0.2, 0.25) is 11.6 Å². The van der Waals surface area contributed by atoms with E-state index in [1.807, 2.05) is 13.0 Å². The molecule has 6 aliphatic carbocycles. The van der Waals surface area contributed by atoms with Crippen LogP contribution in [0.3, 0.4) is 0 Å². The first-order valence-corrected chi connectivity index (χ1v) is 24.2. The van der Waals surface area contributed by atoms with Gasteiger partial charge in [0.05, 0.1) is 47.0 Å². The number of aliphatic hydroxyl groups is 3. The molecule has 2 aromatic rings. The number of hydrogen-bond acceptors (Lipinski definition) is 13. The highest BCUT2D eigenvalue weighted by atomic mass is 35.5. The summed E-state index contributed by atoms with van der Waals surface area (Å²) in [7, 11) is 0. The molecule has 0 radical (unpaired) electrons. The first-order valence-electron chi connectivity index (χ1n) is 24.2. The Morgan fingerprint density at radius 2 is 1.18 bits per heavy atom. The van der Waals surface area contributed by atoms with E-state index in [4.69, 9.17) is 10.2 Å². The molecule has 8 rings (SSSR count). The average Bonchev–Trinajstić information content (AvgIpc) is 3.26. The van der Waals surface area contributed by atoms with Gasteiger partial charge in [0.1, 0.15) is 11.5 Å². The van der Waals surface area contributed by atoms with Gasteiger partial charge in [-0.2, -0.15) is 0 Å². The minimum absolute atomic E-state index is 0. The number of ketones is 3. The van der Waals surface area contributed by atoms with Gasteiger partial charge in [0, 0.05) is 56.6 Å². The number of carboxylic acid groups (broad SMARTS) is 1. The highest BCUT2D eigenvalue weighted by Crippen LogP contribution is 2.75. The number of phenols is 2. The maximum atomic E-state index is 14.2. The number of fused-ring (bicyclic) bond motifs is 9. The lowest BCUT2D eigenvalue weighted by atomic mass is 9.33. The summed E-state index contributed by atoms with van der Waals surface area (Å²) < 4.78 is 0. The molecule has 0 amide bonds. The normalized spacial score (nSPS) is 32.9. The summed E-state index contributed by atoms with van der Waals surface area (Å²) in [5.74, 6) is -1.80. The highest BCUT2D eigenvalue weighted by molar-refractivity contribution is 6.33. The Bertz CT molecular complexity index is 2210. The van der Waals surface area contributed by atoms with Crippen molar-refractivity contribution in [1.82, 2.24) is 10.6 Å². The van der Waals surface area contributed by atoms with Crippen molar-refractivity contribution >= 4 is 59.5 Å². The monoisotopic (exact) mass is 986 g/mol. The lowest BCUT2D eigenvalue weighted by molar-refractivity contribution is -0.202. The Morgan fingerprint density at radius 3 is 1.68 bits per heavy atom. The number of benzene rings is 2. The summed E-state index contributed by atoms with van der Waals surface area (Å²) in [6, 6.07) is 5.74. The molecule has 0 heterocycles. The largest absolute Gasteiger partial charge is 0.507 e. The lowest BCUT2D eigenvalue weighted by Crippen LogP contribution is -2.66. The second-order valence-corrected chi connectivity index (χ2v) is 22.2. The zero-order chi connectivity index (χ0) is 48.2. The summed E-state index contributed by atoms with van der Waals surface area (Å²) in [5.41, 5.74) is 0.820. The average molecular weight is 988 g/mol. The van der Waals surface area contributed by atoms with Gasteiger partial charge in [0.25, 0.3) is 0 Å². The number of aromatic hydroxyl groups is 2. The van der Waals surface area contributed by atoms with E-state index in [-0.39, 0.29) is 123 Å². The molecule has 14 nitrogen and oxygen atoms in total. The number of aliphatic hydroxyl groups excluding tert-OH is 3.